The zero-order chi connectivity index (χ0) is 25.8. The molecule has 0 bridgehead atoms. The van der Waals surface area contributed by atoms with Crippen molar-refractivity contribution in [1.82, 2.24) is 15.2 Å². The Morgan fingerprint density at radius 2 is 1.83 bits per heavy atom. The van der Waals surface area contributed by atoms with Gasteiger partial charge in [-0.15, -0.1) is 0 Å². The Morgan fingerprint density at radius 3 is 2.53 bits per heavy atom. The molecule has 1 aromatic heterocycles. The highest BCUT2D eigenvalue weighted by Gasteiger charge is 2.30. The molecule has 1 fully saturated rings. The second-order valence-electron chi connectivity index (χ2n) is 9.48. The molecule has 3 heterocycles. The van der Waals surface area contributed by atoms with Crippen LogP contribution in [0.1, 0.15) is 76.8 Å². The predicted octanol–water partition coefficient (Wildman–Crippen LogP) is 3.70. The summed E-state index contributed by atoms with van der Waals surface area (Å²) in [6, 6.07) is 5.59. The SMILES string of the molecule is CCOC(=O)c1[nH]c(C)c(C(=O)N2CCC(CC(=O)NC(C)c3ccc4c(c3)OCCO4)CC2)c1C. The molecule has 2 amide bonds. The van der Waals surface area contributed by atoms with Gasteiger partial charge in [-0.25, -0.2) is 4.79 Å². The Morgan fingerprint density at radius 1 is 1.14 bits per heavy atom. The van der Waals surface area contributed by atoms with Crippen LogP contribution in [0.4, 0.5) is 0 Å². The number of benzene rings is 1. The molecule has 1 atom stereocenters. The minimum Gasteiger partial charge on any atom is -0.486 e. The number of nitrogens with zero attached hydrogens (tertiary/aromatic N) is 1. The van der Waals surface area contributed by atoms with E-state index in [1.54, 1.807) is 20.8 Å². The highest BCUT2D eigenvalue weighted by molar-refractivity contribution is 6.01. The van der Waals surface area contributed by atoms with Crippen LogP contribution >= 0.6 is 0 Å². The molecule has 0 spiro atoms. The maximum Gasteiger partial charge on any atom is 0.355 e. The molecule has 9 heteroatoms. The van der Waals surface area contributed by atoms with Crippen LogP contribution in [0.3, 0.4) is 0 Å². The second-order valence-corrected chi connectivity index (χ2v) is 9.48. The van der Waals surface area contributed by atoms with Gasteiger partial charge >= 0.3 is 5.97 Å². The van der Waals surface area contributed by atoms with E-state index in [4.69, 9.17) is 14.2 Å². The van der Waals surface area contributed by atoms with Crippen molar-refractivity contribution >= 4 is 17.8 Å². The molecular formula is C27H35N3O6. The number of aromatic nitrogens is 1. The van der Waals surface area contributed by atoms with Gasteiger partial charge in [0.1, 0.15) is 18.9 Å². The molecule has 0 saturated carbocycles. The number of ether oxygens (including phenoxy) is 3. The summed E-state index contributed by atoms with van der Waals surface area (Å²) in [5, 5.41) is 3.08. The lowest BCUT2D eigenvalue weighted by Gasteiger charge is -2.32. The lowest BCUT2D eigenvalue weighted by molar-refractivity contribution is -0.122. The minimum atomic E-state index is -0.452. The molecule has 2 aliphatic heterocycles. The number of carbonyl (C=O) groups is 3. The van der Waals surface area contributed by atoms with Crippen molar-refractivity contribution in [2.75, 3.05) is 32.9 Å². The summed E-state index contributed by atoms with van der Waals surface area (Å²) in [7, 11) is 0. The summed E-state index contributed by atoms with van der Waals surface area (Å²) < 4.78 is 16.3. The first-order valence-electron chi connectivity index (χ1n) is 12.6. The maximum atomic E-state index is 13.2. The summed E-state index contributed by atoms with van der Waals surface area (Å²) in [5.74, 6) is 1.11. The van der Waals surface area contributed by atoms with Gasteiger partial charge in [-0.1, -0.05) is 6.07 Å². The van der Waals surface area contributed by atoms with Gasteiger partial charge in [-0.3, -0.25) is 9.59 Å². The first-order valence-corrected chi connectivity index (χ1v) is 12.6. The molecule has 0 aliphatic carbocycles. The van der Waals surface area contributed by atoms with Crippen molar-refractivity contribution in [2.45, 2.75) is 53.0 Å². The van der Waals surface area contributed by atoms with Crippen molar-refractivity contribution in [3.05, 3.63) is 46.3 Å². The van der Waals surface area contributed by atoms with Gasteiger partial charge in [-0.2, -0.15) is 0 Å². The first-order chi connectivity index (χ1) is 17.3. The summed E-state index contributed by atoms with van der Waals surface area (Å²) in [4.78, 5) is 43.0. The number of aryl methyl sites for hydroxylation is 1. The molecule has 2 aromatic rings. The highest BCUT2D eigenvalue weighted by Crippen LogP contribution is 2.33. The van der Waals surface area contributed by atoms with Crippen LogP contribution in [0.2, 0.25) is 0 Å². The van der Waals surface area contributed by atoms with E-state index in [1.165, 1.54) is 0 Å². The van der Waals surface area contributed by atoms with Gasteiger partial charge < -0.3 is 29.4 Å². The first kappa shape index (κ1) is 25.6. The molecule has 2 aliphatic rings. The quantitative estimate of drug-likeness (QED) is 0.565. The third-order valence-corrected chi connectivity index (χ3v) is 6.95. The van der Waals surface area contributed by atoms with E-state index in [1.807, 2.05) is 30.0 Å². The number of aromatic amines is 1. The average molecular weight is 498 g/mol. The molecular weight excluding hydrogens is 462 g/mol. The summed E-state index contributed by atoms with van der Waals surface area (Å²) in [6.45, 7) is 9.76. The Kier molecular flexibility index (Phi) is 7.86. The van der Waals surface area contributed by atoms with Crippen LogP contribution in [0, 0.1) is 19.8 Å². The van der Waals surface area contributed by atoms with Crippen molar-refractivity contribution in [3.63, 3.8) is 0 Å². The van der Waals surface area contributed by atoms with E-state index in [0.717, 1.165) is 24.2 Å². The number of piperidine rings is 1. The van der Waals surface area contributed by atoms with E-state index < -0.39 is 5.97 Å². The fraction of sp³-hybridized carbons (Fsp3) is 0.519. The summed E-state index contributed by atoms with van der Waals surface area (Å²) >= 11 is 0. The van der Waals surface area contributed by atoms with Crippen LogP contribution in [0.5, 0.6) is 11.5 Å². The van der Waals surface area contributed by atoms with E-state index in [0.29, 0.717) is 61.0 Å². The number of carbonyl (C=O) groups excluding carboxylic acids is 3. The number of H-pyrrole nitrogens is 1. The van der Waals surface area contributed by atoms with E-state index in [9.17, 15) is 14.4 Å². The molecule has 1 unspecified atom stereocenters. The summed E-state index contributed by atoms with van der Waals surface area (Å²) in [5.41, 5.74) is 3.10. The molecule has 36 heavy (non-hydrogen) atoms. The van der Waals surface area contributed by atoms with Gasteiger partial charge in [0.2, 0.25) is 5.91 Å². The molecule has 9 nitrogen and oxygen atoms in total. The zero-order valence-corrected chi connectivity index (χ0v) is 21.4. The average Bonchev–Trinajstić information content (AvgIpc) is 3.17. The highest BCUT2D eigenvalue weighted by atomic mass is 16.6. The Bertz CT molecular complexity index is 1130. The molecule has 0 radical (unpaired) electrons. The number of fused-ring (bicyclic) bond motifs is 1. The molecule has 1 saturated heterocycles. The van der Waals surface area contributed by atoms with E-state index >= 15 is 0 Å². The number of esters is 1. The predicted molar refractivity (Wildman–Crippen MR) is 133 cm³/mol. The lowest BCUT2D eigenvalue weighted by Crippen LogP contribution is -2.40. The molecule has 1 aromatic carbocycles. The standard InChI is InChI=1S/C27H35N3O6/c1-5-34-27(33)25-16(2)24(18(4)29-25)26(32)30-10-8-19(9-11-30)14-23(31)28-17(3)20-6-7-21-22(15-20)36-13-12-35-21/h6-7,15,17,19,29H,5,8-14H2,1-4H3,(H,28,31). The van der Waals surface area contributed by atoms with Crippen LogP contribution in [0.25, 0.3) is 0 Å². The number of hydrogen-bond donors (Lipinski definition) is 2. The minimum absolute atomic E-state index is 0.00133. The van der Waals surface area contributed by atoms with Crippen molar-refractivity contribution in [1.29, 1.82) is 0 Å². The van der Waals surface area contributed by atoms with Crippen molar-refractivity contribution in [3.8, 4) is 11.5 Å². The maximum absolute atomic E-state index is 13.2. The van der Waals surface area contributed by atoms with Crippen LogP contribution in [0.15, 0.2) is 18.2 Å². The molecule has 4 rings (SSSR count). The van der Waals surface area contributed by atoms with Crippen LogP contribution < -0.4 is 14.8 Å². The monoisotopic (exact) mass is 497 g/mol. The van der Waals surface area contributed by atoms with Crippen LogP contribution in [-0.2, 0) is 9.53 Å². The number of likely N-dealkylation sites (tertiary alicyclic amines) is 1. The largest absolute Gasteiger partial charge is 0.486 e. The summed E-state index contributed by atoms with van der Waals surface area (Å²) in [6.07, 6.45) is 1.93. The van der Waals surface area contributed by atoms with Gasteiger partial charge in [0, 0.05) is 25.2 Å². The number of nitrogens with one attached hydrogen (secondary N) is 2. The molecule has 194 valence electrons. The smallest absolute Gasteiger partial charge is 0.355 e. The second kappa shape index (κ2) is 11.1. The Hall–Kier alpha value is -3.49. The van der Waals surface area contributed by atoms with Gasteiger partial charge in [0.05, 0.1) is 18.2 Å². The Balaban J connectivity index is 1.29. The molecule has 2 N–H and O–H groups in total. The lowest BCUT2D eigenvalue weighted by atomic mass is 9.92. The van der Waals surface area contributed by atoms with E-state index in [2.05, 4.69) is 10.3 Å². The van der Waals surface area contributed by atoms with Gasteiger partial charge in [-0.05, 0) is 69.7 Å². The normalized spacial score (nSPS) is 16.4. The topological polar surface area (TPSA) is 110 Å². The van der Waals surface area contributed by atoms with Gasteiger partial charge in [0.25, 0.3) is 5.91 Å². The number of rotatable bonds is 7. The Labute approximate surface area is 211 Å². The third-order valence-electron chi connectivity index (χ3n) is 6.95. The van der Waals surface area contributed by atoms with E-state index in [-0.39, 0.29) is 30.4 Å². The van der Waals surface area contributed by atoms with Crippen molar-refractivity contribution < 1.29 is 28.6 Å². The fourth-order valence-corrected chi connectivity index (χ4v) is 4.95. The van der Waals surface area contributed by atoms with Gasteiger partial charge in [0.15, 0.2) is 11.5 Å². The number of hydrogen-bond acceptors (Lipinski definition) is 6. The third kappa shape index (κ3) is 5.50. The fourth-order valence-electron chi connectivity index (χ4n) is 4.95. The zero-order valence-electron chi connectivity index (χ0n) is 21.4. The van der Waals surface area contributed by atoms with Crippen LogP contribution in [-0.4, -0.2) is 60.6 Å². The number of amides is 2. The van der Waals surface area contributed by atoms with Crippen molar-refractivity contribution in [2.24, 2.45) is 5.92 Å².